The van der Waals surface area contributed by atoms with Crippen molar-refractivity contribution in [2.24, 2.45) is 13.0 Å². The summed E-state index contributed by atoms with van der Waals surface area (Å²) >= 11 is 0. The Hall–Kier alpha value is -1.36. The maximum absolute atomic E-state index is 11.9. The molecule has 1 aliphatic rings. The summed E-state index contributed by atoms with van der Waals surface area (Å²) in [5.41, 5.74) is 1.40. The van der Waals surface area contributed by atoms with Gasteiger partial charge in [-0.2, -0.15) is 0 Å². The Morgan fingerprint density at radius 3 is 3.12 bits per heavy atom. The summed E-state index contributed by atoms with van der Waals surface area (Å²) in [5.74, 6) is 0.405. The van der Waals surface area contributed by atoms with E-state index in [0.29, 0.717) is 18.2 Å². The standard InChI is InChI=1S/C11H17N3O2/c1-8-10(14(2)7-13-8)11(15)12-5-9-3-4-16-6-9/h7,9H,3-6H2,1-2H3,(H,12,15). The largest absolute Gasteiger partial charge is 0.381 e. The molecule has 1 atom stereocenters. The fourth-order valence-corrected chi connectivity index (χ4v) is 1.94. The molecule has 1 aliphatic heterocycles. The number of hydrogen-bond donors (Lipinski definition) is 1. The minimum atomic E-state index is -0.0515. The van der Waals surface area contributed by atoms with E-state index in [9.17, 15) is 4.79 Å². The van der Waals surface area contributed by atoms with E-state index >= 15 is 0 Å². The van der Waals surface area contributed by atoms with Crippen LogP contribution in [0.2, 0.25) is 0 Å². The number of aromatic nitrogens is 2. The highest BCUT2D eigenvalue weighted by Gasteiger charge is 2.19. The molecule has 1 N–H and O–H groups in total. The van der Waals surface area contributed by atoms with Crippen molar-refractivity contribution in [3.63, 3.8) is 0 Å². The van der Waals surface area contributed by atoms with E-state index in [1.54, 1.807) is 10.9 Å². The van der Waals surface area contributed by atoms with E-state index in [1.165, 1.54) is 0 Å². The number of rotatable bonds is 3. The van der Waals surface area contributed by atoms with Crippen molar-refractivity contribution in [3.8, 4) is 0 Å². The van der Waals surface area contributed by atoms with E-state index in [1.807, 2.05) is 14.0 Å². The molecule has 0 saturated carbocycles. The number of nitrogens with one attached hydrogen (secondary N) is 1. The van der Waals surface area contributed by atoms with Gasteiger partial charge in [0.2, 0.25) is 0 Å². The predicted molar refractivity (Wildman–Crippen MR) is 59.2 cm³/mol. The Kier molecular flexibility index (Phi) is 3.24. The molecule has 2 heterocycles. The zero-order valence-electron chi connectivity index (χ0n) is 9.69. The minimum absolute atomic E-state index is 0.0515. The van der Waals surface area contributed by atoms with Crippen LogP contribution in [0.4, 0.5) is 0 Å². The molecule has 1 amide bonds. The van der Waals surface area contributed by atoms with E-state index in [4.69, 9.17) is 4.74 Å². The van der Waals surface area contributed by atoms with Gasteiger partial charge in [-0.25, -0.2) is 4.98 Å². The minimum Gasteiger partial charge on any atom is -0.381 e. The van der Waals surface area contributed by atoms with Gasteiger partial charge in [-0.05, 0) is 13.3 Å². The van der Waals surface area contributed by atoms with Crippen LogP contribution in [0.1, 0.15) is 22.6 Å². The van der Waals surface area contributed by atoms with E-state index in [-0.39, 0.29) is 5.91 Å². The van der Waals surface area contributed by atoms with Gasteiger partial charge in [-0.1, -0.05) is 0 Å². The third-order valence-electron chi connectivity index (χ3n) is 2.91. The predicted octanol–water partition coefficient (Wildman–Crippen LogP) is 0.495. The molecule has 1 aromatic heterocycles. The molecule has 88 valence electrons. The van der Waals surface area contributed by atoms with Gasteiger partial charge >= 0.3 is 0 Å². The maximum atomic E-state index is 11.9. The Morgan fingerprint density at radius 2 is 2.56 bits per heavy atom. The zero-order valence-corrected chi connectivity index (χ0v) is 9.69. The number of hydrogen-bond acceptors (Lipinski definition) is 3. The lowest BCUT2D eigenvalue weighted by Crippen LogP contribution is -2.31. The molecular weight excluding hydrogens is 206 g/mol. The van der Waals surface area contributed by atoms with Crippen molar-refractivity contribution in [3.05, 3.63) is 17.7 Å². The van der Waals surface area contributed by atoms with Gasteiger partial charge < -0.3 is 14.6 Å². The van der Waals surface area contributed by atoms with Gasteiger partial charge in [0.25, 0.3) is 5.91 Å². The first kappa shape index (κ1) is 11.1. The molecule has 0 aliphatic carbocycles. The lowest BCUT2D eigenvalue weighted by atomic mass is 10.1. The third-order valence-corrected chi connectivity index (χ3v) is 2.91. The Balaban J connectivity index is 1.92. The zero-order chi connectivity index (χ0) is 11.5. The first-order valence-electron chi connectivity index (χ1n) is 5.52. The number of carbonyl (C=O) groups is 1. The van der Waals surface area contributed by atoms with Crippen LogP contribution in [0.5, 0.6) is 0 Å². The molecule has 0 bridgehead atoms. The molecule has 16 heavy (non-hydrogen) atoms. The van der Waals surface area contributed by atoms with Crippen LogP contribution >= 0.6 is 0 Å². The van der Waals surface area contributed by atoms with Crippen molar-refractivity contribution >= 4 is 5.91 Å². The van der Waals surface area contributed by atoms with Gasteiger partial charge in [0.05, 0.1) is 18.6 Å². The number of aryl methyl sites for hydroxylation is 2. The first-order valence-corrected chi connectivity index (χ1v) is 5.52. The number of carbonyl (C=O) groups excluding carboxylic acids is 1. The average Bonchev–Trinajstić information content (AvgIpc) is 2.86. The number of ether oxygens (including phenoxy) is 1. The molecule has 1 unspecified atom stereocenters. The summed E-state index contributed by atoms with van der Waals surface area (Å²) in [6.45, 7) is 4.09. The van der Waals surface area contributed by atoms with Crippen molar-refractivity contribution in [1.82, 2.24) is 14.9 Å². The van der Waals surface area contributed by atoms with Crippen LogP contribution in [0, 0.1) is 12.8 Å². The highest BCUT2D eigenvalue weighted by Crippen LogP contribution is 2.11. The molecule has 2 rings (SSSR count). The van der Waals surface area contributed by atoms with Crippen molar-refractivity contribution in [2.45, 2.75) is 13.3 Å². The Labute approximate surface area is 94.8 Å². The summed E-state index contributed by atoms with van der Waals surface area (Å²) < 4.78 is 7.00. The summed E-state index contributed by atoms with van der Waals surface area (Å²) in [4.78, 5) is 16.0. The number of imidazole rings is 1. The number of amides is 1. The fourth-order valence-electron chi connectivity index (χ4n) is 1.94. The SMILES string of the molecule is Cc1ncn(C)c1C(=O)NCC1CCOC1. The lowest BCUT2D eigenvalue weighted by molar-refractivity contribution is 0.0936. The van der Waals surface area contributed by atoms with Crippen LogP contribution in [0.25, 0.3) is 0 Å². The summed E-state index contributed by atoms with van der Waals surface area (Å²) in [6.07, 6.45) is 2.69. The summed E-state index contributed by atoms with van der Waals surface area (Å²) in [7, 11) is 1.83. The second kappa shape index (κ2) is 4.65. The lowest BCUT2D eigenvalue weighted by Gasteiger charge is -2.10. The number of nitrogens with zero attached hydrogens (tertiary/aromatic N) is 2. The quantitative estimate of drug-likeness (QED) is 0.811. The van der Waals surface area contributed by atoms with Gasteiger partial charge in [-0.15, -0.1) is 0 Å². The van der Waals surface area contributed by atoms with E-state index < -0.39 is 0 Å². The smallest absolute Gasteiger partial charge is 0.269 e. The molecule has 5 heteroatoms. The molecule has 1 saturated heterocycles. The first-order chi connectivity index (χ1) is 7.68. The van der Waals surface area contributed by atoms with Crippen molar-refractivity contribution in [1.29, 1.82) is 0 Å². The van der Waals surface area contributed by atoms with Crippen LogP contribution in [0.3, 0.4) is 0 Å². The third kappa shape index (κ3) is 2.24. The van der Waals surface area contributed by atoms with E-state index in [2.05, 4.69) is 10.3 Å². The normalized spacial score (nSPS) is 20.0. The van der Waals surface area contributed by atoms with Crippen LogP contribution in [-0.4, -0.2) is 35.2 Å². The maximum Gasteiger partial charge on any atom is 0.269 e. The van der Waals surface area contributed by atoms with Gasteiger partial charge in [0.15, 0.2) is 0 Å². The molecule has 0 radical (unpaired) electrons. The molecule has 1 aromatic rings. The summed E-state index contributed by atoms with van der Waals surface area (Å²) in [6, 6.07) is 0. The molecular formula is C11H17N3O2. The summed E-state index contributed by atoms with van der Waals surface area (Å²) in [5, 5.41) is 2.93. The highest BCUT2D eigenvalue weighted by molar-refractivity contribution is 5.93. The monoisotopic (exact) mass is 223 g/mol. The Morgan fingerprint density at radius 1 is 1.75 bits per heavy atom. The average molecular weight is 223 g/mol. The van der Waals surface area contributed by atoms with E-state index in [0.717, 1.165) is 25.3 Å². The van der Waals surface area contributed by atoms with Crippen LogP contribution in [-0.2, 0) is 11.8 Å². The highest BCUT2D eigenvalue weighted by atomic mass is 16.5. The second-order valence-corrected chi connectivity index (χ2v) is 4.23. The van der Waals surface area contributed by atoms with Crippen molar-refractivity contribution < 1.29 is 9.53 Å². The Bertz CT molecular complexity index is 361. The second-order valence-electron chi connectivity index (χ2n) is 4.23. The fraction of sp³-hybridized carbons (Fsp3) is 0.636. The molecule has 0 spiro atoms. The van der Waals surface area contributed by atoms with Crippen LogP contribution < -0.4 is 5.32 Å². The topological polar surface area (TPSA) is 56.2 Å². The van der Waals surface area contributed by atoms with Crippen molar-refractivity contribution in [2.75, 3.05) is 19.8 Å². The molecule has 0 aromatic carbocycles. The van der Waals surface area contributed by atoms with Gasteiger partial charge in [0.1, 0.15) is 5.69 Å². The van der Waals surface area contributed by atoms with Crippen LogP contribution in [0.15, 0.2) is 6.33 Å². The molecule has 1 fully saturated rings. The molecule has 5 nitrogen and oxygen atoms in total. The van der Waals surface area contributed by atoms with Gasteiger partial charge in [0, 0.05) is 26.1 Å². The van der Waals surface area contributed by atoms with Gasteiger partial charge in [-0.3, -0.25) is 4.79 Å².